The van der Waals surface area contributed by atoms with Crippen molar-refractivity contribution in [1.29, 1.82) is 0 Å². The Morgan fingerprint density at radius 2 is 1.22 bits per heavy atom. The van der Waals surface area contributed by atoms with Crippen LogP contribution in [0.15, 0.2) is 18.2 Å². The van der Waals surface area contributed by atoms with E-state index >= 15 is 0 Å². The molecule has 0 heterocycles. The summed E-state index contributed by atoms with van der Waals surface area (Å²) < 4.78 is 0. The van der Waals surface area contributed by atoms with Crippen LogP contribution in [0.3, 0.4) is 0 Å². The number of hydrogen-bond acceptors (Lipinski definition) is 2. The lowest BCUT2D eigenvalue weighted by atomic mass is 9.82. The van der Waals surface area contributed by atoms with E-state index in [0.717, 1.165) is 11.5 Å². The van der Waals surface area contributed by atoms with E-state index in [9.17, 15) is 4.79 Å². The number of primary amides is 1. The second kappa shape index (κ2) is 17.5. The number of benzene rings is 1. The van der Waals surface area contributed by atoms with Crippen molar-refractivity contribution in [3.8, 4) is 0 Å². The Hall–Kier alpha value is -0.960. The van der Waals surface area contributed by atoms with Crippen molar-refractivity contribution in [3.05, 3.63) is 34.9 Å². The monoisotopic (exact) mass is 461 g/mol. The van der Waals surface area contributed by atoms with Gasteiger partial charge in [-0.1, -0.05) is 123 Å². The Labute approximate surface area is 203 Å². The summed E-state index contributed by atoms with van der Waals surface area (Å²) >= 11 is 1.91. The van der Waals surface area contributed by atoms with Crippen molar-refractivity contribution < 1.29 is 4.79 Å². The average Bonchev–Trinajstić information content (AvgIpc) is 2.75. The fourth-order valence-electron chi connectivity index (χ4n) is 4.56. The minimum Gasteiger partial charge on any atom is -0.369 e. The molecular formula is C29H51NOS. The molecule has 0 aliphatic heterocycles. The highest BCUT2D eigenvalue weighted by atomic mass is 32.2. The number of amides is 1. The predicted molar refractivity (Wildman–Crippen MR) is 145 cm³/mol. The van der Waals surface area contributed by atoms with E-state index in [-0.39, 0.29) is 11.8 Å². The van der Waals surface area contributed by atoms with Crippen LogP contribution in [0, 0.1) is 0 Å². The molecule has 1 rings (SSSR count). The van der Waals surface area contributed by atoms with Gasteiger partial charge >= 0.3 is 0 Å². The zero-order valence-electron chi connectivity index (χ0n) is 21.8. The van der Waals surface area contributed by atoms with Gasteiger partial charge in [0.1, 0.15) is 0 Å². The molecule has 0 aromatic heterocycles. The number of carbonyl (C=O) groups is 1. The lowest BCUT2D eigenvalue weighted by Gasteiger charge is -2.25. The van der Waals surface area contributed by atoms with Crippen LogP contribution in [0.25, 0.3) is 0 Å². The molecule has 1 amide bonds. The molecule has 0 aliphatic rings. The van der Waals surface area contributed by atoms with Crippen molar-refractivity contribution in [2.45, 2.75) is 129 Å². The van der Waals surface area contributed by atoms with Crippen molar-refractivity contribution in [3.63, 3.8) is 0 Å². The van der Waals surface area contributed by atoms with Crippen molar-refractivity contribution >= 4 is 17.7 Å². The zero-order chi connectivity index (χ0) is 23.8. The van der Waals surface area contributed by atoms with Gasteiger partial charge in [0, 0.05) is 5.75 Å². The van der Waals surface area contributed by atoms with Crippen LogP contribution >= 0.6 is 11.8 Å². The van der Waals surface area contributed by atoms with E-state index < -0.39 is 0 Å². The van der Waals surface area contributed by atoms with Crippen LogP contribution in [0.4, 0.5) is 0 Å². The van der Waals surface area contributed by atoms with Crippen LogP contribution in [-0.4, -0.2) is 17.4 Å². The number of carbonyl (C=O) groups excluding carboxylic acids is 1. The van der Waals surface area contributed by atoms with Gasteiger partial charge in [0.15, 0.2) is 0 Å². The van der Waals surface area contributed by atoms with Crippen molar-refractivity contribution in [2.75, 3.05) is 11.5 Å². The highest BCUT2D eigenvalue weighted by Crippen LogP contribution is 2.35. The van der Waals surface area contributed by atoms with Gasteiger partial charge in [-0.3, -0.25) is 4.79 Å². The number of thioether (sulfide) groups is 1. The summed E-state index contributed by atoms with van der Waals surface area (Å²) in [6.07, 6.45) is 16.5. The van der Waals surface area contributed by atoms with Gasteiger partial charge in [-0.05, 0) is 40.7 Å². The van der Waals surface area contributed by atoms with E-state index in [1.54, 1.807) is 0 Å². The summed E-state index contributed by atoms with van der Waals surface area (Å²) in [6, 6.07) is 6.49. The lowest BCUT2D eigenvalue weighted by Crippen LogP contribution is -2.26. The fourth-order valence-corrected chi connectivity index (χ4v) is 5.71. The minimum atomic E-state index is -0.187. The first-order chi connectivity index (χ1) is 15.4. The molecule has 1 atom stereocenters. The smallest absolute Gasteiger partial charge is 0.225 e. The first-order valence-corrected chi connectivity index (χ1v) is 14.5. The summed E-state index contributed by atoms with van der Waals surface area (Å²) in [6.45, 7) is 11.1. The molecule has 1 aromatic carbocycles. The normalized spacial score (nSPS) is 12.6. The number of hydrogen-bond donors (Lipinski definition) is 1. The molecule has 2 nitrogen and oxygen atoms in total. The van der Waals surface area contributed by atoms with Crippen LogP contribution in [-0.2, 0) is 4.79 Å². The van der Waals surface area contributed by atoms with Gasteiger partial charge in [0.2, 0.25) is 5.91 Å². The third-order valence-corrected chi connectivity index (χ3v) is 7.68. The van der Waals surface area contributed by atoms with Crippen LogP contribution in [0.5, 0.6) is 0 Å². The maximum absolute atomic E-state index is 12.4. The van der Waals surface area contributed by atoms with Crippen molar-refractivity contribution in [1.82, 2.24) is 0 Å². The van der Waals surface area contributed by atoms with Gasteiger partial charge in [-0.2, -0.15) is 11.8 Å². The summed E-state index contributed by atoms with van der Waals surface area (Å²) in [7, 11) is 0. The molecule has 0 aliphatic carbocycles. The number of rotatable bonds is 19. The van der Waals surface area contributed by atoms with Gasteiger partial charge in [-0.25, -0.2) is 0 Å². The quantitative estimate of drug-likeness (QED) is 0.209. The molecule has 0 bridgehead atoms. The molecular weight excluding hydrogens is 410 g/mol. The second-order valence-corrected chi connectivity index (χ2v) is 11.2. The number of unbranched alkanes of at least 4 members (excludes halogenated alkanes) is 11. The molecule has 3 heteroatoms. The van der Waals surface area contributed by atoms with Gasteiger partial charge in [-0.15, -0.1) is 0 Å². The lowest BCUT2D eigenvalue weighted by molar-refractivity contribution is -0.119. The molecule has 0 fully saturated rings. The third kappa shape index (κ3) is 11.3. The SMILES string of the molecule is CCCCCCCCCCCCCCSCC(C(N)=O)c1c(C(C)C)cccc1C(C)C. The van der Waals surface area contributed by atoms with Gasteiger partial charge < -0.3 is 5.73 Å². The average molecular weight is 462 g/mol. The Morgan fingerprint density at radius 3 is 1.62 bits per heavy atom. The summed E-state index contributed by atoms with van der Waals surface area (Å²) in [5.74, 6) is 2.35. The molecule has 0 spiro atoms. The molecule has 0 radical (unpaired) electrons. The first kappa shape index (κ1) is 29.1. The van der Waals surface area contributed by atoms with E-state index in [4.69, 9.17) is 5.73 Å². The molecule has 32 heavy (non-hydrogen) atoms. The molecule has 0 saturated heterocycles. The molecule has 1 aromatic rings. The van der Waals surface area contributed by atoms with Crippen LogP contribution in [0.1, 0.15) is 146 Å². The molecule has 0 saturated carbocycles. The van der Waals surface area contributed by atoms with Crippen molar-refractivity contribution in [2.24, 2.45) is 5.73 Å². The topological polar surface area (TPSA) is 43.1 Å². The largest absolute Gasteiger partial charge is 0.369 e. The maximum atomic E-state index is 12.4. The fraction of sp³-hybridized carbons (Fsp3) is 0.759. The van der Waals surface area contributed by atoms with Crippen LogP contribution in [0.2, 0.25) is 0 Å². The van der Waals surface area contributed by atoms with E-state index in [0.29, 0.717) is 11.8 Å². The summed E-state index contributed by atoms with van der Waals surface area (Å²) in [5.41, 5.74) is 9.68. The van der Waals surface area contributed by atoms with Gasteiger partial charge in [0.05, 0.1) is 5.92 Å². The highest BCUT2D eigenvalue weighted by molar-refractivity contribution is 7.99. The highest BCUT2D eigenvalue weighted by Gasteiger charge is 2.25. The molecule has 2 N–H and O–H groups in total. The minimum absolute atomic E-state index is 0.179. The summed E-state index contributed by atoms with van der Waals surface area (Å²) in [4.78, 5) is 12.4. The Bertz CT molecular complexity index is 599. The first-order valence-electron chi connectivity index (χ1n) is 13.4. The maximum Gasteiger partial charge on any atom is 0.225 e. The Balaban J connectivity index is 2.34. The predicted octanol–water partition coefficient (Wildman–Crippen LogP) is 8.94. The molecule has 1 unspecified atom stereocenters. The van der Waals surface area contributed by atoms with E-state index in [1.807, 2.05) is 11.8 Å². The van der Waals surface area contributed by atoms with E-state index in [1.165, 1.54) is 93.7 Å². The Morgan fingerprint density at radius 1 is 0.781 bits per heavy atom. The summed E-state index contributed by atoms with van der Waals surface area (Å²) in [5, 5.41) is 0. The number of nitrogens with two attached hydrogens (primary N) is 1. The Kier molecular flexibility index (Phi) is 15.9. The standard InChI is InChI=1S/C29H51NOS/c1-6-7-8-9-10-11-12-13-14-15-16-17-21-32-22-27(29(30)31)28-25(23(2)3)19-18-20-26(28)24(4)5/h18-20,23-24,27H,6-17,21-22H2,1-5H3,(H2,30,31). The third-order valence-electron chi connectivity index (χ3n) is 6.54. The zero-order valence-corrected chi connectivity index (χ0v) is 22.6. The second-order valence-electron chi connectivity index (χ2n) is 10.1. The van der Waals surface area contributed by atoms with Gasteiger partial charge in [0.25, 0.3) is 0 Å². The van der Waals surface area contributed by atoms with Crippen LogP contribution < -0.4 is 5.73 Å². The van der Waals surface area contributed by atoms with E-state index in [2.05, 4.69) is 52.8 Å². The molecule has 184 valence electrons.